The average Bonchev–Trinajstić information content (AvgIpc) is 2.65. The Morgan fingerprint density at radius 3 is 2.70 bits per heavy atom. The number of hydrogen-bond donors (Lipinski definition) is 0. The quantitative estimate of drug-likeness (QED) is 0.486. The Bertz CT molecular complexity index is 179. The minimum Gasteiger partial charge on any atom is -0.449 e. The molecular weight excluding hydrogens is 245 g/mol. The minimum absolute atomic E-state index is 0.163. The molecule has 2 fully saturated rings. The van der Waals surface area contributed by atoms with Crippen molar-refractivity contribution in [3.8, 4) is 0 Å². The summed E-state index contributed by atoms with van der Waals surface area (Å²) in [6, 6.07) is 0. The van der Waals surface area contributed by atoms with Gasteiger partial charge in [-0.15, -0.1) is 0 Å². The number of carbonyl (C=O) groups excluding carboxylic acids is 1. The highest BCUT2D eigenvalue weighted by molar-refractivity contribution is 14.1. The molecule has 4 heteroatoms. The molecule has 0 radical (unpaired) electrons. The summed E-state index contributed by atoms with van der Waals surface area (Å²) in [5.74, 6) is 0. The molecule has 2 rings (SSSR count). The van der Waals surface area contributed by atoms with Gasteiger partial charge in [-0.25, -0.2) is 7.91 Å². The van der Waals surface area contributed by atoms with E-state index in [1.54, 1.807) is 3.11 Å². The van der Waals surface area contributed by atoms with Crippen molar-refractivity contribution in [1.82, 2.24) is 3.11 Å². The van der Waals surface area contributed by atoms with Gasteiger partial charge in [-0.05, 0) is 12.8 Å². The number of amides is 1. The molecule has 0 aromatic rings. The number of cyclic esters (lactones) is 1. The van der Waals surface area contributed by atoms with E-state index in [0.29, 0.717) is 6.61 Å². The Labute approximate surface area is 73.2 Å². The Hall–Kier alpha value is 0. The zero-order valence-electron chi connectivity index (χ0n) is 5.47. The Morgan fingerprint density at radius 1 is 1.50 bits per heavy atom. The smallest absolute Gasteiger partial charge is 0.419 e. The minimum atomic E-state index is -0.163. The van der Waals surface area contributed by atoms with Crippen molar-refractivity contribution in [2.75, 3.05) is 6.61 Å². The van der Waals surface area contributed by atoms with Crippen molar-refractivity contribution in [2.24, 2.45) is 0 Å². The summed E-state index contributed by atoms with van der Waals surface area (Å²) in [7, 11) is 0. The van der Waals surface area contributed by atoms with Crippen molar-refractivity contribution in [3.63, 3.8) is 0 Å². The van der Waals surface area contributed by atoms with E-state index in [9.17, 15) is 4.79 Å². The predicted molar refractivity (Wildman–Crippen MR) is 43.8 cm³/mol. The van der Waals surface area contributed by atoms with Gasteiger partial charge in [0.15, 0.2) is 0 Å². The number of rotatable bonds is 0. The van der Waals surface area contributed by atoms with Gasteiger partial charge >= 0.3 is 6.09 Å². The number of hydrogen-bond acceptors (Lipinski definition) is 2. The van der Waals surface area contributed by atoms with Gasteiger partial charge in [0.25, 0.3) is 0 Å². The molecule has 1 spiro atoms. The van der Waals surface area contributed by atoms with Crippen LogP contribution in [0.15, 0.2) is 0 Å². The van der Waals surface area contributed by atoms with Crippen molar-refractivity contribution < 1.29 is 9.53 Å². The summed E-state index contributed by atoms with van der Waals surface area (Å²) in [5.41, 5.74) is 0.204. The summed E-state index contributed by atoms with van der Waals surface area (Å²) < 4.78 is 6.56. The van der Waals surface area contributed by atoms with E-state index >= 15 is 0 Å². The second kappa shape index (κ2) is 1.99. The number of halogens is 1. The van der Waals surface area contributed by atoms with Crippen LogP contribution in [0.2, 0.25) is 0 Å². The summed E-state index contributed by atoms with van der Waals surface area (Å²) in [6.45, 7) is 0.609. The SMILES string of the molecule is O=C1OCCC2(CC2)N1I. The maximum atomic E-state index is 10.9. The van der Waals surface area contributed by atoms with Gasteiger partial charge in [-0.1, -0.05) is 0 Å². The molecule has 1 aliphatic heterocycles. The monoisotopic (exact) mass is 253 g/mol. The summed E-state index contributed by atoms with van der Waals surface area (Å²) in [6.07, 6.45) is 3.17. The first-order chi connectivity index (χ1) is 4.75. The summed E-state index contributed by atoms with van der Waals surface area (Å²) >= 11 is 2.05. The standard InChI is InChI=1S/C6H8INO2/c7-8-5(9)10-4-3-6(8)1-2-6/h1-4H2. The number of carbonyl (C=O) groups is 1. The van der Waals surface area contributed by atoms with Gasteiger partial charge in [0.1, 0.15) is 0 Å². The number of nitrogens with zero attached hydrogens (tertiary/aromatic N) is 1. The molecule has 2 aliphatic rings. The van der Waals surface area contributed by atoms with E-state index in [1.807, 2.05) is 22.9 Å². The van der Waals surface area contributed by atoms with Crippen molar-refractivity contribution >= 4 is 29.0 Å². The third-order valence-corrected chi connectivity index (χ3v) is 3.61. The Kier molecular flexibility index (Phi) is 1.33. The van der Waals surface area contributed by atoms with Crippen LogP contribution in [0.5, 0.6) is 0 Å². The predicted octanol–water partition coefficient (Wildman–Crippen LogP) is 1.71. The highest BCUT2D eigenvalue weighted by Crippen LogP contribution is 2.48. The molecule has 3 nitrogen and oxygen atoms in total. The molecule has 0 bridgehead atoms. The van der Waals surface area contributed by atoms with Crippen LogP contribution in [0.4, 0.5) is 4.79 Å². The lowest BCUT2D eigenvalue weighted by Crippen LogP contribution is -2.40. The number of ether oxygens (including phenoxy) is 1. The maximum Gasteiger partial charge on any atom is 0.419 e. The van der Waals surface area contributed by atoms with E-state index in [0.717, 1.165) is 19.3 Å². The van der Waals surface area contributed by atoms with Crippen LogP contribution in [0.1, 0.15) is 19.3 Å². The van der Waals surface area contributed by atoms with Crippen molar-refractivity contribution in [2.45, 2.75) is 24.8 Å². The molecule has 0 aromatic heterocycles. The van der Waals surface area contributed by atoms with Crippen LogP contribution in [0.25, 0.3) is 0 Å². The van der Waals surface area contributed by atoms with Crippen LogP contribution in [-0.2, 0) is 4.74 Å². The van der Waals surface area contributed by atoms with E-state index in [-0.39, 0.29) is 11.6 Å². The first-order valence-electron chi connectivity index (χ1n) is 3.37. The van der Waals surface area contributed by atoms with Crippen LogP contribution in [-0.4, -0.2) is 21.4 Å². The molecule has 0 aromatic carbocycles. The van der Waals surface area contributed by atoms with E-state index in [4.69, 9.17) is 4.74 Å². The summed E-state index contributed by atoms with van der Waals surface area (Å²) in [4.78, 5) is 10.9. The third kappa shape index (κ3) is 0.810. The first-order valence-corrected chi connectivity index (χ1v) is 4.34. The molecule has 0 N–H and O–H groups in total. The second-order valence-corrected chi connectivity index (χ2v) is 3.83. The van der Waals surface area contributed by atoms with Crippen LogP contribution in [0.3, 0.4) is 0 Å². The lowest BCUT2D eigenvalue weighted by molar-refractivity contribution is 0.0835. The fraction of sp³-hybridized carbons (Fsp3) is 0.833. The van der Waals surface area contributed by atoms with E-state index in [1.165, 1.54) is 0 Å². The van der Waals surface area contributed by atoms with Crippen molar-refractivity contribution in [1.29, 1.82) is 0 Å². The van der Waals surface area contributed by atoms with Crippen LogP contribution >= 0.6 is 22.9 Å². The normalized spacial score (nSPS) is 28.5. The molecule has 1 heterocycles. The lowest BCUT2D eigenvalue weighted by atomic mass is 10.2. The molecule has 1 saturated carbocycles. The van der Waals surface area contributed by atoms with Crippen molar-refractivity contribution in [3.05, 3.63) is 0 Å². The third-order valence-electron chi connectivity index (χ3n) is 2.20. The van der Waals surface area contributed by atoms with E-state index in [2.05, 4.69) is 0 Å². The molecule has 10 heavy (non-hydrogen) atoms. The highest BCUT2D eigenvalue weighted by Gasteiger charge is 2.52. The Morgan fingerprint density at radius 2 is 2.20 bits per heavy atom. The Balaban J connectivity index is 2.15. The molecule has 1 amide bonds. The average molecular weight is 253 g/mol. The largest absolute Gasteiger partial charge is 0.449 e. The molecule has 0 unspecified atom stereocenters. The first kappa shape index (κ1) is 6.69. The zero-order chi connectivity index (χ0) is 7.19. The molecule has 1 saturated heterocycles. The fourth-order valence-electron chi connectivity index (χ4n) is 1.27. The van der Waals surface area contributed by atoms with Crippen LogP contribution in [0, 0.1) is 0 Å². The molecule has 1 aliphatic carbocycles. The van der Waals surface area contributed by atoms with Gasteiger partial charge in [-0.2, -0.15) is 0 Å². The van der Waals surface area contributed by atoms with Gasteiger partial charge in [0.2, 0.25) is 0 Å². The zero-order valence-corrected chi connectivity index (χ0v) is 7.63. The van der Waals surface area contributed by atoms with Gasteiger partial charge in [0.05, 0.1) is 35.0 Å². The topological polar surface area (TPSA) is 29.5 Å². The van der Waals surface area contributed by atoms with Crippen LogP contribution < -0.4 is 0 Å². The highest BCUT2D eigenvalue weighted by atomic mass is 127. The van der Waals surface area contributed by atoms with Gasteiger partial charge in [0, 0.05) is 6.42 Å². The molecule has 0 atom stereocenters. The molecule has 56 valence electrons. The maximum absolute atomic E-state index is 10.9. The van der Waals surface area contributed by atoms with E-state index < -0.39 is 0 Å². The fourth-order valence-corrected chi connectivity index (χ4v) is 2.13. The van der Waals surface area contributed by atoms with Gasteiger partial charge < -0.3 is 4.74 Å². The lowest BCUT2D eigenvalue weighted by Gasteiger charge is -2.29. The molecular formula is C6H8INO2. The van der Waals surface area contributed by atoms with Gasteiger partial charge in [-0.3, -0.25) is 0 Å². The summed E-state index contributed by atoms with van der Waals surface area (Å²) in [5, 5.41) is 0. The second-order valence-electron chi connectivity index (χ2n) is 2.87.